The molecule has 2 rings (SSSR count). The van der Waals surface area contributed by atoms with Crippen molar-refractivity contribution in [3.8, 4) is 0 Å². The van der Waals surface area contributed by atoms with E-state index in [2.05, 4.69) is 10.5 Å². The molecule has 8 heteroatoms. The van der Waals surface area contributed by atoms with E-state index in [1.807, 2.05) is 0 Å². The van der Waals surface area contributed by atoms with Gasteiger partial charge in [-0.3, -0.25) is 4.79 Å². The molecule has 1 amide bonds. The quantitative estimate of drug-likeness (QED) is 0.944. The Hall–Kier alpha value is -2.51. The number of anilines is 2. The van der Waals surface area contributed by atoms with Crippen molar-refractivity contribution in [1.82, 2.24) is 5.16 Å². The zero-order valence-corrected chi connectivity index (χ0v) is 12.2. The van der Waals surface area contributed by atoms with Crippen LogP contribution in [-0.2, 0) is 6.18 Å². The molecule has 1 heterocycles. The number of aromatic nitrogens is 1. The van der Waals surface area contributed by atoms with E-state index in [-0.39, 0.29) is 11.4 Å². The van der Waals surface area contributed by atoms with Gasteiger partial charge in [-0.25, -0.2) is 0 Å². The molecule has 1 aromatic heterocycles. The molecule has 1 N–H and O–H groups in total. The number of alkyl halides is 3. The van der Waals surface area contributed by atoms with Crippen LogP contribution in [0.1, 0.15) is 21.8 Å². The van der Waals surface area contributed by atoms with E-state index in [1.54, 1.807) is 25.9 Å². The molecule has 0 radical (unpaired) electrons. The molecule has 2 aromatic rings. The molecule has 0 unspecified atom stereocenters. The first kappa shape index (κ1) is 15.9. The highest BCUT2D eigenvalue weighted by molar-refractivity contribution is 6.04. The number of halogens is 3. The number of carbonyl (C=O) groups excluding carboxylic acids is 1. The van der Waals surface area contributed by atoms with E-state index in [9.17, 15) is 18.0 Å². The fourth-order valence-electron chi connectivity index (χ4n) is 1.86. The highest BCUT2D eigenvalue weighted by atomic mass is 19.4. The number of aryl methyl sites for hydroxylation is 1. The molecule has 0 aliphatic rings. The molecule has 22 heavy (non-hydrogen) atoms. The second-order valence-corrected chi connectivity index (χ2v) is 4.90. The van der Waals surface area contributed by atoms with Gasteiger partial charge in [0.05, 0.1) is 16.9 Å². The molecule has 118 valence electrons. The Balaban J connectivity index is 2.37. The summed E-state index contributed by atoms with van der Waals surface area (Å²) in [5.41, 5.74) is -0.351. The summed E-state index contributed by atoms with van der Waals surface area (Å²) in [4.78, 5) is 13.6. The molecule has 5 nitrogen and oxygen atoms in total. The van der Waals surface area contributed by atoms with Gasteiger partial charge in [0, 0.05) is 20.2 Å². The lowest BCUT2D eigenvalue weighted by atomic mass is 10.1. The van der Waals surface area contributed by atoms with E-state index >= 15 is 0 Å². The standard InChI is InChI=1S/C14H14F3N3O2/c1-8-6-11(19-22-8)13(21)18-10-7-9(14(15,16)17)4-5-12(10)20(2)3/h4-7H,1-3H3,(H,18,21). The predicted molar refractivity (Wildman–Crippen MR) is 75.0 cm³/mol. The largest absolute Gasteiger partial charge is 0.416 e. The molecule has 0 aliphatic carbocycles. The van der Waals surface area contributed by atoms with Crippen LogP contribution < -0.4 is 10.2 Å². The zero-order chi connectivity index (χ0) is 16.5. The molecule has 1 aromatic carbocycles. The highest BCUT2D eigenvalue weighted by Crippen LogP contribution is 2.35. The first-order valence-electron chi connectivity index (χ1n) is 6.31. The molecule has 0 atom stereocenters. The molecular weight excluding hydrogens is 299 g/mol. The van der Waals surface area contributed by atoms with Crippen LogP contribution in [0.15, 0.2) is 28.8 Å². The van der Waals surface area contributed by atoms with Crippen molar-refractivity contribution in [1.29, 1.82) is 0 Å². The Bertz CT molecular complexity index is 693. The fraction of sp³-hybridized carbons (Fsp3) is 0.286. The predicted octanol–water partition coefficient (Wildman–Crippen LogP) is 3.32. The molecule has 0 fully saturated rings. The van der Waals surface area contributed by atoms with Crippen LogP contribution in [0, 0.1) is 6.92 Å². The number of nitrogens with one attached hydrogen (secondary N) is 1. The van der Waals surface area contributed by atoms with E-state index in [4.69, 9.17) is 4.52 Å². The van der Waals surface area contributed by atoms with Gasteiger partial charge in [-0.15, -0.1) is 0 Å². The molecule has 0 bridgehead atoms. The van der Waals surface area contributed by atoms with Gasteiger partial charge in [-0.1, -0.05) is 5.16 Å². The third-order valence-electron chi connectivity index (χ3n) is 2.91. The first-order chi connectivity index (χ1) is 10.2. The normalized spacial score (nSPS) is 11.4. The summed E-state index contributed by atoms with van der Waals surface area (Å²) in [6.07, 6.45) is -4.49. The van der Waals surface area contributed by atoms with Crippen LogP contribution in [-0.4, -0.2) is 25.2 Å². The molecule has 0 saturated heterocycles. The molecule has 0 spiro atoms. The minimum Gasteiger partial charge on any atom is -0.376 e. The summed E-state index contributed by atoms with van der Waals surface area (Å²) in [6.45, 7) is 1.61. The van der Waals surface area contributed by atoms with Gasteiger partial charge in [0.2, 0.25) is 0 Å². The van der Waals surface area contributed by atoms with Gasteiger partial charge >= 0.3 is 6.18 Å². The molecular formula is C14H14F3N3O2. The van der Waals surface area contributed by atoms with Crippen LogP contribution in [0.25, 0.3) is 0 Å². The number of hydrogen-bond donors (Lipinski definition) is 1. The summed E-state index contributed by atoms with van der Waals surface area (Å²) in [5.74, 6) is -0.207. The lowest BCUT2D eigenvalue weighted by molar-refractivity contribution is -0.137. The van der Waals surface area contributed by atoms with Gasteiger partial charge in [0.1, 0.15) is 5.76 Å². The Morgan fingerprint density at radius 1 is 1.27 bits per heavy atom. The summed E-state index contributed by atoms with van der Waals surface area (Å²) < 4.78 is 43.2. The Kier molecular flexibility index (Phi) is 4.11. The lowest BCUT2D eigenvalue weighted by Crippen LogP contribution is -2.18. The highest BCUT2D eigenvalue weighted by Gasteiger charge is 2.31. The third-order valence-corrected chi connectivity index (χ3v) is 2.91. The van der Waals surface area contributed by atoms with Crippen LogP contribution in [0.2, 0.25) is 0 Å². The van der Waals surface area contributed by atoms with E-state index < -0.39 is 17.6 Å². The van der Waals surface area contributed by atoms with Gasteiger partial charge in [0.15, 0.2) is 5.69 Å². The van der Waals surface area contributed by atoms with Crippen LogP contribution in [0.4, 0.5) is 24.5 Å². The van der Waals surface area contributed by atoms with Crippen LogP contribution in [0.3, 0.4) is 0 Å². The topological polar surface area (TPSA) is 58.4 Å². The number of hydrogen-bond acceptors (Lipinski definition) is 4. The van der Waals surface area contributed by atoms with Crippen molar-refractivity contribution in [2.45, 2.75) is 13.1 Å². The van der Waals surface area contributed by atoms with Gasteiger partial charge in [-0.2, -0.15) is 13.2 Å². The van der Waals surface area contributed by atoms with Crippen molar-refractivity contribution < 1.29 is 22.5 Å². The second-order valence-electron chi connectivity index (χ2n) is 4.90. The Morgan fingerprint density at radius 3 is 2.45 bits per heavy atom. The van der Waals surface area contributed by atoms with Crippen molar-refractivity contribution in [2.24, 2.45) is 0 Å². The number of rotatable bonds is 3. The van der Waals surface area contributed by atoms with Gasteiger partial charge in [0.25, 0.3) is 5.91 Å². The van der Waals surface area contributed by atoms with E-state index in [0.717, 1.165) is 12.1 Å². The SMILES string of the molecule is Cc1cc(C(=O)Nc2cc(C(F)(F)F)ccc2N(C)C)no1. The van der Waals surface area contributed by atoms with Crippen LogP contribution >= 0.6 is 0 Å². The smallest absolute Gasteiger partial charge is 0.376 e. The minimum absolute atomic E-state index is 0.000354. The minimum atomic E-state index is -4.49. The number of carbonyl (C=O) groups is 1. The van der Waals surface area contributed by atoms with Crippen molar-refractivity contribution in [3.63, 3.8) is 0 Å². The average Bonchev–Trinajstić information content (AvgIpc) is 2.84. The van der Waals surface area contributed by atoms with Crippen molar-refractivity contribution >= 4 is 17.3 Å². The maximum Gasteiger partial charge on any atom is 0.416 e. The fourth-order valence-corrected chi connectivity index (χ4v) is 1.86. The Morgan fingerprint density at radius 2 is 1.95 bits per heavy atom. The third kappa shape index (κ3) is 3.38. The van der Waals surface area contributed by atoms with E-state index in [1.165, 1.54) is 12.1 Å². The number of benzene rings is 1. The monoisotopic (exact) mass is 313 g/mol. The average molecular weight is 313 g/mol. The zero-order valence-electron chi connectivity index (χ0n) is 12.2. The first-order valence-corrected chi connectivity index (χ1v) is 6.31. The number of nitrogens with zero attached hydrogens (tertiary/aromatic N) is 2. The lowest BCUT2D eigenvalue weighted by Gasteiger charge is -2.19. The Labute approximate surface area is 124 Å². The summed E-state index contributed by atoms with van der Waals surface area (Å²) in [6, 6.07) is 4.55. The van der Waals surface area contributed by atoms with E-state index in [0.29, 0.717) is 11.4 Å². The molecule has 0 aliphatic heterocycles. The maximum atomic E-state index is 12.8. The van der Waals surface area contributed by atoms with Crippen molar-refractivity contribution in [2.75, 3.05) is 24.3 Å². The summed E-state index contributed by atoms with van der Waals surface area (Å²) in [7, 11) is 3.33. The van der Waals surface area contributed by atoms with Gasteiger partial charge < -0.3 is 14.7 Å². The maximum absolute atomic E-state index is 12.8. The van der Waals surface area contributed by atoms with Crippen LogP contribution in [0.5, 0.6) is 0 Å². The van der Waals surface area contributed by atoms with Crippen molar-refractivity contribution in [3.05, 3.63) is 41.3 Å². The summed E-state index contributed by atoms with van der Waals surface area (Å²) >= 11 is 0. The van der Waals surface area contributed by atoms with Gasteiger partial charge in [-0.05, 0) is 25.1 Å². The second kappa shape index (κ2) is 5.70. The summed E-state index contributed by atoms with van der Waals surface area (Å²) in [5, 5.41) is 5.97. The molecule has 0 saturated carbocycles. The number of amides is 1.